The number of rotatable bonds is 6. The van der Waals surface area contributed by atoms with Crippen molar-refractivity contribution in [3.8, 4) is 17.1 Å². The molecule has 0 aliphatic heterocycles. The summed E-state index contributed by atoms with van der Waals surface area (Å²) < 4.78 is 10.8. The number of hydrogen-bond donors (Lipinski definition) is 2. The van der Waals surface area contributed by atoms with Crippen molar-refractivity contribution < 1.29 is 23.8 Å². The van der Waals surface area contributed by atoms with E-state index < -0.39 is 11.9 Å². The third-order valence-corrected chi connectivity index (χ3v) is 4.47. The molecule has 0 bridgehead atoms. The van der Waals surface area contributed by atoms with Gasteiger partial charge in [-0.15, -0.1) is 0 Å². The zero-order valence-corrected chi connectivity index (χ0v) is 16.6. The van der Waals surface area contributed by atoms with Crippen LogP contribution >= 0.6 is 23.2 Å². The van der Waals surface area contributed by atoms with Crippen molar-refractivity contribution in [1.82, 2.24) is 0 Å². The van der Waals surface area contributed by atoms with Crippen LogP contribution in [-0.4, -0.2) is 24.1 Å². The van der Waals surface area contributed by atoms with Gasteiger partial charge in [0, 0.05) is 16.7 Å². The van der Waals surface area contributed by atoms with Crippen molar-refractivity contribution in [2.45, 2.75) is 0 Å². The van der Waals surface area contributed by atoms with Gasteiger partial charge in [-0.2, -0.15) is 0 Å². The van der Waals surface area contributed by atoms with Crippen molar-refractivity contribution >= 4 is 46.8 Å². The highest BCUT2D eigenvalue weighted by Crippen LogP contribution is 2.32. The lowest BCUT2D eigenvalue weighted by Crippen LogP contribution is -2.10. The van der Waals surface area contributed by atoms with Crippen LogP contribution in [0.4, 0.5) is 5.69 Å². The molecule has 3 rings (SSSR count). The second-order valence-electron chi connectivity index (χ2n) is 5.87. The summed E-state index contributed by atoms with van der Waals surface area (Å²) in [5, 5.41) is 12.7. The number of furan rings is 1. The smallest absolute Gasteiger partial charge is 0.335 e. The number of benzene rings is 2. The highest BCUT2D eigenvalue weighted by Gasteiger charge is 2.11. The van der Waals surface area contributed by atoms with Gasteiger partial charge in [-0.1, -0.05) is 23.2 Å². The van der Waals surface area contributed by atoms with Gasteiger partial charge in [-0.05, 0) is 54.6 Å². The standard InChI is InChI=1S/C21H15Cl2NO5/c1-28-19-7-2-12(21(26)27)10-17(19)24-20(25)9-5-14-4-8-18(29-14)15-6-3-13(22)11-16(15)23/h2-11H,1H3,(H,24,25)(H,26,27)/b9-5+. The summed E-state index contributed by atoms with van der Waals surface area (Å²) in [7, 11) is 1.42. The predicted molar refractivity (Wildman–Crippen MR) is 112 cm³/mol. The van der Waals surface area contributed by atoms with Crippen LogP contribution in [0.1, 0.15) is 16.1 Å². The summed E-state index contributed by atoms with van der Waals surface area (Å²) in [5.41, 5.74) is 0.950. The molecule has 0 spiro atoms. The van der Waals surface area contributed by atoms with Gasteiger partial charge in [-0.25, -0.2) is 4.79 Å². The van der Waals surface area contributed by atoms with Gasteiger partial charge in [0.2, 0.25) is 5.91 Å². The van der Waals surface area contributed by atoms with Crippen LogP contribution in [-0.2, 0) is 4.79 Å². The predicted octanol–water partition coefficient (Wildman–Crippen LogP) is 5.61. The van der Waals surface area contributed by atoms with E-state index in [9.17, 15) is 9.59 Å². The Balaban J connectivity index is 1.74. The summed E-state index contributed by atoms with van der Waals surface area (Å²) in [6.07, 6.45) is 2.75. The Kier molecular flexibility index (Phi) is 6.26. The number of nitrogens with one attached hydrogen (secondary N) is 1. The first-order chi connectivity index (χ1) is 13.9. The number of halogens is 2. The largest absolute Gasteiger partial charge is 0.495 e. The minimum Gasteiger partial charge on any atom is -0.495 e. The number of amides is 1. The number of ether oxygens (including phenoxy) is 1. The van der Waals surface area contributed by atoms with Crippen LogP contribution < -0.4 is 10.1 Å². The van der Waals surface area contributed by atoms with Crippen LogP contribution in [0.15, 0.2) is 59.0 Å². The summed E-state index contributed by atoms with van der Waals surface area (Å²) >= 11 is 12.1. The number of anilines is 1. The summed E-state index contributed by atoms with van der Waals surface area (Å²) in [6, 6.07) is 12.7. The lowest BCUT2D eigenvalue weighted by Gasteiger charge is -2.09. The fourth-order valence-electron chi connectivity index (χ4n) is 2.55. The molecule has 0 radical (unpaired) electrons. The van der Waals surface area contributed by atoms with E-state index >= 15 is 0 Å². The molecule has 8 heteroatoms. The molecule has 29 heavy (non-hydrogen) atoms. The Labute approximate surface area is 176 Å². The van der Waals surface area contributed by atoms with Gasteiger partial charge in [0.25, 0.3) is 0 Å². The highest BCUT2D eigenvalue weighted by atomic mass is 35.5. The van der Waals surface area contributed by atoms with E-state index in [4.69, 9.17) is 37.5 Å². The number of carbonyl (C=O) groups is 2. The van der Waals surface area contributed by atoms with E-state index in [0.717, 1.165) is 0 Å². The van der Waals surface area contributed by atoms with Gasteiger partial charge in [0.1, 0.15) is 17.3 Å². The first-order valence-electron chi connectivity index (χ1n) is 8.33. The van der Waals surface area contributed by atoms with Crippen molar-refractivity contribution in [2.24, 2.45) is 0 Å². The molecule has 0 fully saturated rings. The number of hydrogen-bond acceptors (Lipinski definition) is 4. The molecule has 148 valence electrons. The minimum absolute atomic E-state index is 0.0283. The monoisotopic (exact) mass is 431 g/mol. The minimum atomic E-state index is -1.11. The Hall–Kier alpha value is -3.22. The first kappa shape index (κ1) is 20.5. The van der Waals surface area contributed by atoms with Crippen LogP contribution in [0.2, 0.25) is 10.0 Å². The van der Waals surface area contributed by atoms with E-state index in [-0.39, 0.29) is 11.3 Å². The molecule has 0 aliphatic carbocycles. The molecule has 1 heterocycles. The van der Waals surface area contributed by atoms with E-state index in [0.29, 0.717) is 32.9 Å². The number of carboxylic acid groups (broad SMARTS) is 1. The van der Waals surface area contributed by atoms with Gasteiger partial charge in [0.15, 0.2) is 0 Å². The molecule has 3 aromatic rings. The maximum absolute atomic E-state index is 12.2. The van der Waals surface area contributed by atoms with Gasteiger partial charge >= 0.3 is 5.97 Å². The number of carboxylic acids is 1. The second-order valence-corrected chi connectivity index (χ2v) is 6.71. The fourth-order valence-corrected chi connectivity index (χ4v) is 3.05. The molecule has 0 aliphatic rings. The highest BCUT2D eigenvalue weighted by molar-refractivity contribution is 6.36. The van der Waals surface area contributed by atoms with Crippen LogP contribution in [0.3, 0.4) is 0 Å². The Morgan fingerprint density at radius 3 is 2.59 bits per heavy atom. The lowest BCUT2D eigenvalue weighted by molar-refractivity contribution is -0.111. The fraction of sp³-hybridized carbons (Fsp3) is 0.0476. The van der Waals surface area contributed by atoms with Crippen LogP contribution in [0, 0.1) is 0 Å². The zero-order valence-electron chi connectivity index (χ0n) is 15.1. The third kappa shape index (κ3) is 4.99. The molecule has 2 aromatic carbocycles. The van der Waals surface area contributed by atoms with Crippen LogP contribution in [0.5, 0.6) is 5.75 Å². The summed E-state index contributed by atoms with van der Waals surface area (Å²) in [6.45, 7) is 0. The quantitative estimate of drug-likeness (QED) is 0.494. The Bertz CT molecular complexity index is 1100. The molecule has 0 unspecified atom stereocenters. The molecular formula is C21H15Cl2NO5. The SMILES string of the molecule is COc1ccc(C(=O)O)cc1NC(=O)/C=C/c1ccc(-c2ccc(Cl)cc2Cl)o1. The molecule has 1 amide bonds. The average molecular weight is 432 g/mol. The molecule has 1 aromatic heterocycles. The maximum atomic E-state index is 12.2. The molecule has 0 saturated heterocycles. The van der Waals surface area contributed by atoms with E-state index in [2.05, 4.69) is 5.32 Å². The van der Waals surface area contributed by atoms with Gasteiger partial charge in [0.05, 0.1) is 23.4 Å². The van der Waals surface area contributed by atoms with Crippen molar-refractivity contribution in [1.29, 1.82) is 0 Å². The normalized spacial score (nSPS) is 10.9. The van der Waals surface area contributed by atoms with E-state index in [1.54, 1.807) is 30.3 Å². The molecule has 2 N–H and O–H groups in total. The maximum Gasteiger partial charge on any atom is 0.335 e. The third-order valence-electron chi connectivity index (χ3n) is 3.93. The Morgan fingerprint density at radius 2 is 1.90 bits per heavy atom. The van der Waals surface area contributed by atoms with E-state index in [1.807, 2.05) is 0 Å². The lowest BCUT2D eigenvalue weighted by atomic mass is 10.2. The topological polar surface area (TPSA) is 88.8 Å². The number of methoxy groups -OCH3 is 1. The first-order valence-corrected chi connectivity index (χ1v) is 9.08. The average Bonchev–Trinajstić information content (AvgIpc) is 3.15. The van der Waals surface area contributed by atoms with E-state index in [1.165, 1.54) is 37.5 Å². The Morgan fingerprint density at radius 1 is 1.10 bits per heavy atom. The van der Waals surface area contributed by atoms with Crippen molar-refractivity contribution in [2.75, 3.05) is 12.4 Å². The molecule has 0 atom stereocenters. The number of carbonyl (C=O) groups excluding carboxylic acids is 1. The summed E-state index contributed by atoms with van der Waals surface area (Å²) in [5.74, 6) is -0.277. The molecule has 0 saturated carbocycles. The number of aromatic carboxylic acids is 1. The second kappa shape index (κ2) is 8.86. The molecular weight excluding hydrogens is 417 g/mol. The molecule has 6 nitrogen and oxygen atoms in total. The zero-order chi connectivity index (χ0) is 21.0. The van der Waals surface area contributed by atoms with Gasteiger partial charge in [-0.3, -0.25) is 4.79 Å². The van der Waals surface area contributed by atoms with Gasteiger partial charge < -0.3 is 19.6 Å². The van der Waals surface area contributed by atoms with Crippen LogP contribution in [0.25, 0.3) is 17.4 Å². The van der Waals surface area contributed by atoms with Crippen molar-refractivity contribution in [3.63, 3.8) is 0 Å². The van der Waals surface area contributed by atoms with Crippen molar-refractivity contribution in [3.05, 3.63) is 76.0 Å². The summed E-state index contributed by atoms with van der Waals surface area (Å²) in [4.78, 5) is 23.3.